The smallest absolute Gasteiger partial charge is 0.338 e. The Balaban J connectivity index is 1.58. The number of carbonyl (C=O) groups excluding carboxylic acids is 1. The van der Waals surface area contributed by atoms with Gasteiger partial charge in [-0.1, -0.05) is 56.7 Å². The van der Waals surface area contributed by atoms with Crippen molar-refractivity contribution >= 4 is 5.97 Å². The van der Waals surface area contributed by atoms with E-state index in [0.717, 1.165) is 38.5 Å². The first-order chi connectivity index (χ1) is 12.7. The Labute approximate surface area is 158 Å². The Bertz CT molecular complexity index is 530. The molecule has 2 saturated carbocycles. The first-order valence-corrected chi connectivity index (χ1v) is 10.7. The van der Waals surface area contributed by atoms with Crippen LogP contribution in [0.5, 0.6) is 0 Å². The zero-order chi connectivity index (χ0) is 18.2. The summed E-state index contributed by atoms with van der Waals surface area (Å²) in [6, 6.07) is 9.29. The molecule has 2 aliphatic carbocycles. The highest BCUT2D eigenvalue weighted by molar-refractivity contribution is 5.89. The van der Waals surface area contributed by atoms with Crippen LogP contribution in [0.2, 0.25) is 0 Å². The standard InChI is InChI=1S/C23H34O3/c24-21(18-10-4-1-5-11-18)16-17-22(19-12-6-2-7-13-19)26-23(25)20-14-8-3-9-15-20/h3,8-9,14-15,18-19,21-22,24H,1-2,4-7,10-13,16-17H2/t21-,22-/m0/s1. The van der Waals surface area contributed by atoms with E-state index in [1.807, 2.05) is 30.3 Å². The molecule has 0 amide bonds. The van der Waals surface area contributed by atoms with Crippen LogP contribution in [-0.4, -0.2) is 23.3 Å². The molecule has 3 nitrogen and oxygen atoms in total. The zero-order valence-electron chi connectivity index (χ0n) is 15.9. The van der Waals surface area contributed by atoms with Crippen molar-refractivity contribution in [3.8, 4) is 0 Å². The molecule has 0 spiro atoms. The first-order valence-electron chi connectivity index (χ1n) is 10.7. The van der Waals surface area contributed by atoms with Gasteiger partial charge in [-0.3, -0.25) is 0 Å². The predicted molar refractivity (Wildman–Crippen MR) is 104 cm³/mol. The lowest BCUT2D eigenvalue weighted by Crippen LogP contribution is -2.31. The molecular weight excluding hydrogens is 324 g/mol. The monoisotopic (exact) mass is 358 g/mol. The highest BCUT2D eigenvalue weighted by atomic mass is 16.5. The molecular formula is C23H34O3. The Morgan fingerprint density at radius 2 is 1.46 bits per heavy atom. The van der Waals surface area contributed by atoms with Crippen LogP contribution in [0, 0.1) is 11.8 Å². The summed E-state index contributed by atoms with van der Waals surface area (Å²) >= 11 is 0. The van der Waals surface area contributed by atoms with Crippen LogP contribution in [0.15, 0.2) is 30.3 Å². The average molecular weight is 359 g/mol. The molecule has 2 atom stereocenters. The number of aliphatic hydroxyl groups excluding tert-OH is 1. The number of hydrogen-bond donors (Lipinski definition) is 1. The number of carbonyl (C=O) groups is 1. The van der Waals surface area contributed by atoms with Crippen molar-refractivity contribution in [3.63, 3.8) is 0 Å². The summed E-state index contributed by atoms with van der Waals surface area (Å²) in [4.78, 5) is 12.6. The molecule has 0 bridgehead atoms. The number of ether oxygens (including phenoxy) is 1. The summed E-state index contributed by atoms with van der Waals surface area (Å²) in [5.41, 5.74) is 0.626. The lowest BCUT2D eigenvalue weighted by molar-refractivity contribution is -0.00566. The van der Waals surface area contributed by atoms with E-state index in [0.29, 0.717) is 17.4 Å². The molecule has 26 heavy (non-hydrogen) atoms. The van der Waals surface area contributed by atoms with E-state index in [9.17, 15) is 9.90 Å². The van der Waals surface area contributed by atoms with Crippen molar-refractivity contribution in [2.75, 3.05) is 0 Å². The van der Waals surface area contributed by atoms with Crippen molar-refractivity contribution in [1.29, 1.82) is 0 Å². The van der Waals surface area contributed by atoms with Crippen LogP contribution < -0.4 is 0 Å². The van der Waals surface area contributed by atoms with Gasteiger partial charge in [0.1, 0.15) is 6.10 Å². The number of aliphatic hydroxyl groups is 1. The van der Waals surface area contributed by atoms with Gasteiger partial charge in [-0.25, -0.2) is 4.79 Å². The lowest BCUT2D eigenvalue weighted by atomic mass is 9.80. The van der Waals surface area contributed by atoms with E-state index in [4.69, 9.17) is 4.74 Å². The minimum Gasteiger partial charge on any atom is -0.458 e. The van der Waals surface area contributed by atoms with Gasteiger partial charge in [0.15, 0.2) is 0 Å². The Hall–Kier alpha value is -1.35. The third kappa shape index (κ3) is 5.57. The second-order valence-corrected chi connectivity index (χ2v) is 8.25. The largest absolute Gasteiger partial charge is 0.458 e. The number of hydrogen-bond acceptors (Lipinski definition) is 3. The fraction of sp³-hybridized carbons (Fsp3) is 0.696. The van der Waals surface area contributed by atoms with Crippen molar-refractivity contribution < 1.29 is 14.6 Å². The normalized spacial score (nSPS) is 21.9. The Morgan fingerprint density at radius 1 is 0.885 bits per heavy atom. The van der Waals surface area contributed by atoms with Crippen molar-refractivity contribution in [1.82, 2.24) is 0 Å². The Morgan fingerprint density at radius 3 is 2.08 bits per heavy atom. The summed E-state index contributed by atoms with van der Waals surface area (Å²) in [7, 11) is 0. The van der Waals surface area contributed by atoms with Gasteiger partial charge >= 0.3 is 5.97 Å². The summed E-state index contributed by atoms with van der Waals surface area (Å²) in [5, 5.41) is 10.6. The minimum atomic E-state index is -0.239. The van der Waals surface area contributed by atoms with Crippen molar-refractivity contribution in [3.05, 3.63) is 35.9 Å². The molecule has 0 radical (unpaired) electrons. The fourth-order valence-corrected chi connectivity index (χ4v) is 4.77. The van der Waals surface area contributed by atoms with E-state index >= 15 is 0 Å². The molecule has 3 heteroatoms. The molecule has 0 unspecified atom stereocenters. The molecule has 0 aromatic heterocycles. The quantitative estimate of drug-likeness (QED) is 0.653. The number of benzene rings is 1. The molecule has 1 aromatic carbocycles. The zero-order valence-corrected chi connectivity index (χ0v) is 15.9. The summed E-state index contributed by atoms with van der Waals surface area (Å²) in [5.74, 6) is 0.684. The predicted octanol–water partition coefficient (Wildman–Crippen LogP) is 5.51. The van der Waals surface area contributed by atoms with Crippen LogP contribution in [0.1, 0.15) is 87.4 Å². The molecule has 3 rings (SSSR count). The van der Waals surface area contributed by atoms with Gasteiger partial charge in [0.25, 0.3) is 0 Å². The van der Waals surface area contributed by atoms with Gasteiger partial charge in [-0.15, -0.1) is 0 Å². The van der Waals surface area contributed by atoms with E-state index in [1.54, 1.807) is 0 Å². The third-order valence-electron chi connectivity index (χ3n) is 6.38. The minimum absolute atomic E-state index is 0.0544. The molecule has 1 aromatic rings. The molecule has 2 aliphatic rings. The lowest BCUT2D eigenvalue weighted by Gasteiger charge is -2.32. The summed E-state index contributed by atoms with van der Waals surface area (Å²) in [6.45, 7) is 0. The van der Waals surface area contributed by atoms with Crippen LogP contribution in [0.4, 0.5) is 0 Å². The summed E-state index contributed by atoms with van der Waals surface area (Å²) < 4.78 is 5.96. The topological polar surface area (TPSA) is 46.5 Å². The molecule has 0 aliphatic heterocycles. The molecule has 0 heterocycles. The van der Waals surface area contributed by atoms with Crippen LogP contribution in [0.25, 0.3) is 0 Å². The molecule has 0 saturated heterocycles. The molecule has 2 fully saturated rings. The van der Waals surface area contributed by atoms with Gasteiger partial charge in [0.05, 0.1) is 11.7 Å². The molecule has 144 valence electrons. The fourth-order valence-electron chi connectivity index (χ4n) is 4.77. The highest BCUT2D eigenvalue weighted by Gasteiger charge is 2.29. The summed E-state index contributed by atoms with van der Waals surface area (Å²) in [6.07, 6.45) is 13.4. The SMILES string of the molecule is O=C(O[C@@H](CC[C@H](O)C1CCCCC1)C1CCCCC1)c1ccccc1. The average Bonchev–Trinajstić information content (AvgIpc) is 2.72. The van der Waals surface area contributed by atoms with Gasteiger partial charge in [0.2, 0.25) is 0 Å². The van der Waals surface area contributed by atoms with Crippen LogP contribution in [0.3, 0.4) is 0 Å². The van der Waals surface area contributed by atoms with Gasteiger partial charge in [0, 0.05) is 0 Å². The van der Waals surface area contributed by atoms with E-state index in [1.165, 1.54) is 38.5 Å². The van der Waals surface area contributed by atoms with Crippen LogP contribution >= 0.6 is 0 Å². The van der Waals surface area contributed by atoms with Gasteiger partial charge in [-0.2, -0.15) is 0 Å². The van der Waals surface area contributed by atoms with Gasteiger partial charge in [-0.05, 0) is 62.5 Å². The van der Waals surface area contributed by atoms with E-state index in [2.05, 4.69) is 0 Å². The maximum absolute atomic E-state index is 12.6. The first kappa shape index (κ1) is 19.4. The van der Waals surface area contributed by atoms with Crippen molar-refractivity contribution in [2.45, 2.75) is 89.3 Å². The van der Waals surface area contributed by atoms with E-state index < -0.39 is 0 Å². The molecule has 1 N–H and O–H groups in total. The second kappa shape index (κ2) is 10.1. The third-order valence-corrected chi connectivity index (χ3v) is 6.38. The maximum atomic E-state index is 12.6. The Kier molecular flexibility index (Phi) is 7.55. The van der Waals surface area contributed by atoms with Gasteiger partial charge < -0.3 is 9.84 Å². The number of rotatable bonds is 7. The van der Waals surface area contributed by atoms with Crippen molar-refractivity contribution in [2.24, 2.45) is 11.8 Å². The highest BCUT2D eigenvalue weighted by Crippen LogP contribution is 2.33. The maximum Gasteiger partial charge on any atom is 0.338 e. The number of esters is 1. The van der Waals surface area contributed by atoms with Crippen LogP contribution in [-0.2, 0) is 4.74 Å². The van der Waals surface area contributed by atoms with E-state index in [-0.39, 0.29) is 18.2 Å². The second-order valence-electron chi connectivity index (χ2n) is 8.25.